The number of benzene rings is 2. The molecular weight excluding hydrogens is 420 g/mol. The highest BCUT2D eigenvalue weighted by Gasteiger charge is 2.31. The number of piperazine rings is 1. The summed E-state index contributed by atoms with van der Waals surface area (Å²) in [6.45, 7) is 0.215. The molecule has 0 atom stereocenters. The number of carbonyl (C=O) groups is 2. The van der Waals surface area contributed by atoms with Crippen molar-refractivity contribution in [3.05, 3.63) is 60.2 Å². The van der Waals surface area contributed by atoms with Crippen molar-refractivity contribution in [1.82, 2.24) is 14.5 Å². The highest BCUT2D eigenvalue weighted by Crippen LogP contribution is 2.21. The molecule has 0 unspecified atom stereocenters. The third-order valence-electron chi connectivity index (χ3n) is 4.77. The van der Waals surface area contributed by atoms with E-state index in [0.29, 0.717) is 5.75 Å². The summed E-state index contributed by atoms with van der Waals surface area (Å²) >= 11 is 0. The van der Waals surface area contributed by atoms with Crippen LogP contribution in [0, 0.1) is 11.3 Å². The first-order valence-electron chi connectivity index (χ1n) is 9.63. The zero-order valence-electron chi connectivity index (χ0n) is 16.7. The monoisotopic (exact) mass is 442 g/mol. The third kappa shape index (κ3) is 5.59. The van der Waals surface area contributed by atoms with E-state index in [1.165, 1.54) is 21.3 Å². The van der Waals surface area contributed by atoms with Gasteiger partial charge in [-0.25, -0.2) is 8.42 Å². The van der Waals surface area contributed by atoms with Crippen molar-refractivity contribution >= 4 is 21.8 Å². The van der Waals surface area contributed by atoms with Crippen molar-refractivity contribution in [2.75, 3.05) is 39.3 Å². The van der Waals surface area contributed by atoms with E-state index in [1.807, 2.05) is 12.1 Å². The van der Waals surface area contributed by atoms with Crippen LogP contribution in [-0.2, 0) is 19.6 Å². The second kappa shape index (κ2) is 10.1. The van der Waals surface area contributed by atoms with E-state index in [4.69, 9.17) is 4.74 Å². The van der Waals surface area contributed by atoms with E-state index < -0.39 is 15.9 Å². The van der Waals surface area contributed by atoms with Gasteiger partial charge in [0.15, 0.2) is 6.61 Å². The van der Waals surface area contributed by atoms with Crippen LogP contribution in [0.2, 0.25) is 0 Å². The minimum Gasteiger partial charge on any atom is -0.484 e. The number of rotatable bonds is 7. The van der Waals surface area contributed by atoms with Crippen molar-refractivity contribution in [2.24, 2.45) is 0 Å². The maximum Gasteiger partial charge on any atom is 0.258 e. The van der Waals surface area contributed by atoms with Gasteiger partial charge in [-0.15, -0.1) is 0 Å². The molecule has 1 N–H and O–H groups in total. The van der Waals surface area contributed by atoms with Gasteiger partial charge in [0, 0.05) is 26.2 Å². The molecule has 1 aliphatic heterocycles. The molecular formula is C21H22N4O5S. The average Bonchev–Trinajstić information content (AvgIpc) is 2.81. The van der Waals surface area contributed by atoms with Gasteiger partial charge < -0.3 is 15.0 Å². The molecule has 1 saturated heterocycles. The first-order chi connectivity index (χ1) is 14.9. The van der Waals surface area contributed by atoms with E-state index in [0.717, 1.165) is 0 Å². The van der Waals surface area contributed by atoms with E-state index in [-0.39, 0.29) is 55.7 Å². The lowest BCUT2D eigenvalue weighted by Gasteiger charge is -2.34. The molecule has 2 aromatic carbocycles. The van der Waals surface area contributed by atoms with Gasteiger partial charge in [0.2, 0.25) is 15.9 Å². The van der Waals surface area contributed by atoms with Gasteiger partial charge in [-0.05, 0) is 24.3 Å². The second-order valence-electron chi connectivity index (χ2n) is 6.77. The Morgan fingerprint density at radius 3 is 2.32 bits per heavy atom. The number of ether oxygens (including phenoxy) is 1. The van der Waals surface area contributed by atoms with Gasteiger partial charge in [-0.1, -0.05) is 30.3 Å². The van der Waals surface area contributed by atoms with Crippen molar-refractivity contribution in [3.63, 3.8) is 0 Å². The molecule has 1 heterocycles. The predicted octanol–water partition coefficient (Wildman–Crippen LogP) is 0.586. The Bertz CT molecular complexity index is 1070. The summed E-state index contributed by atoms with van der Waals surface area (Å²) < 4.78 is 32.3. The quantitative estimate of drug-likeness (QED) is 0.670. The van der Waals surface area contributed by atoms with Crippen molar-refractivity contribution < 1.29 is 22.7 Å². The zero-order valence-corrected chi connectivity index (χ0v) is 17.5. The van der Waals surface area contributed by atoms with Crippen molar-refractivity contribution in [2.45, 2.75) is 4.90 Å². The Labute approximate surface area is 180 Å². The summed E-state index contributed by atoms with van der Waals surface area (Å²) in [4.78, 5) is 25.7. The van der Waals surface area contributed by atoms with Gasteiger partial charge in [0.25, 0.3) is 5.91 Å². The third-order valence-corrected chi connectivity index (χ3v) is 6.72. The van der Waals surface area contributed by atoms with Crippen LogP contribution < -0.4 is 10.1 Å². The van der Waals surface area contributed by atoms with E-state index in [9.17, 15) is 23.3 Å². The molecule has 1 fully saturated rings. The van der Waals surface area contributed by atoms with Crippen LogP contribution in [-0.4, -0.2) is 68.8 Å². The standard InChI is InChI=1S/C21H22N4O5S/c22-14-17-6-4-5-9-19(17)31(28,29)25-12-10-24(11-13-25)21(27)15-23-20(26)16-30-18-7-2-1-3-8-18/h1-9H,10-13,15-16H2,(H,23,26). The minimum atomic E-state index is -3.83. The second-order valence-corrected chi connectivity index (χ2v) is 8.68. The Morgan fingerprint density at radius 1 is 1.00 bits per heavy atom. The zero-order chi connectivity index (χ0) is 22.3. The molecule has 31 heavy (non-hydrogen) atoms. The Balaban J connectivity index is 1.47. The van der Waals surface area contributed by atoms with Crippen molar-refractivity contribution in [1.29, 1.82) is 5.26 Å². The molecule has 162 valence electrons. The van der Waals surface area contributed by atoms with Crippen LogP contribution in [0.25, 0.3) is 0 Å². The van der Waals surface area contributed by atoms with Crippen LogP contribution in [0.4, 0.5) is 0 Å². The summed E-state index contributed by atoms with van der Waals surface area (Å²) in [6, 6.07) is 16.8. The molecule has 9 nitrogen and oxygen atoms in total. The minimum absolute atomic E-state index is 0.0389. The largest absolute Gasteiger partial charge is 0.484 e. The first kappa shape index (κ1) is 22.3. The maximum atomic E-state index is 12.8. The van der Waals surface area contributed by atoms with Crippen LogP contribution in [0.3, 0.4) is 0 Å². The smallest absolute Gasteiger partial charge is 0.258 e. The fourth-order valence-corrected chi connectivity index (χ4v) is 4.67. The van der Waals surface area contributed by atoms with Gasteiger partial charge in [0.1, 0.15) is 11.8 Å². The van der Waals surface area contributed by atoms with E-state index in [2.05, 4.69) is 5.32 Å². The lowest BCUT2D eigenvalue weighted by Crippen LogP contribution is -2.52. The van der Waals surface area contributed by atoms with E-state index >= 15 is 0 Å². The predicted molar refractivity (Wildman–Crippen MR) is 111 cm³/mol. The summed E-state index contributed by atoms with van der Waals surface area (Å²) in [7, 11) is -3.83. The van der Waals surface area contributed by atoms with Gasteiger partial charge in [-0.2, -0.15) is 9.57 Å². The lowest BCUT2D eigenvalue weighted by atomic mass is 10.2. The van der Waals surface area contributed by atoms with Crippen molar-refractivity contribution in [3.8, 4) is 11.8 Å². The number of hydrogen-bond donors (Lipinski definition) is 1. The van der Waals surface area contributed by atoms with E-state index in [1.54, 1.807) is 36.4 Å². The Morgan fingerprint density at radius 2 is 1.65 bits per heavy atom. The van der Waals surface area contributed by atoms with Crippen LogP contribution in [0.15, 0.2) is 59.5 Å². The van der Waals surface area contributed by atoms with Crippen LogP contribution in [0.1, 0.15) is 5.56 Å². The maximum absolute atomic E-state index is 12.8. The summed E-state index contributed by atoms with van der Waals surface area (Å²) in [5.41, 5.74) is 0.0847. The van der Waals surface area contributed by atoms with Crippen LogP contribution >= 0.6 is 0 Å². The number of nitriles is 1. The summed E-state index contributed by atoms with van der Waals surface area (Å²) in [6.07, 6.45) is 0. The number of nitrogens with one attached hydrogen (secondary N) is 1. The molecule has 2 amide bonds. The molecule has 0 radical (unpaired) electrons. The molecule has 0 aliphatic carbocycles. The lowest BCUT2D eigenvalue weighted by molar-refractivity contribution is -0.134. The highest BCUT2D eigenvalue weighted by molar-refractivity contribution is 7.89. The molecule has 0 bridgehead atoms. The molecule has 1 aliphatic rings. The normalized spacial score (nSPS) is 14.5. The fraction of sp³-hybridized carbons (Fsp3) is 0.286. The van der Waals surface area contributed by atoms with Gasteiger partial charge in [-0.3, -0.25) is 9.59 Å². The van der Waals surface area contributed by atoms with Gasteiger partial charge >= 0.3 is 0 Å². The average molecular weight is 442 g/mol. The Kier molecular flexibility index (Phi) is 7.23. The number of para-hydroxylation sites is 1. The number of carbonyl (C=O) groups excluding carboxylic acids is 2. The van der Waals surface area contributed by atoms with Crippen LogP contribution in [0.5, 0.6) is 5.75 Å². The molecule has 3 rings (SSSR count). The molecule has 0 saturated carbocycles. The highest BCUT2D eigenvalue weighted by atomic mass is 32.2. The first-order valence-corrected chi connectivity index (χ1v) is 11.1. The number of hydrogen-bond acceptors (Lipinski definition) is 6. The molecule has 0 spiro atoms. The number of sulfonamides is 1. The topological polar surface area (TPSA) is 120 Å². The summed E-state index contributed by atoms with van der Waals surface area (Å²) in [5, 5.41) is 11.7. The SMILES string of the molecule is N#Cc1ccccc1S(=O)(=O)N1CCN(C(=O)CNC(=O)COc2ccccc2)CC1. The molecule has 10 heteroatoms. The number of nitrogens with zero attached hydrogens (tertiary/aromatic N) is 3. The van der Waals surface area contributed by atoms with Gasteiger partial charge in [0.05, 0.1) is 17.0 Å². The number of amides is 2. The fourth-order valence-electron chi connectivity index (χ4n) is 3.10. The molecule has 2 aromatic rings. The Hall–Kier alpha value is -3.42. The summed E-state index contributed by atoms with van der Waals surface area (Å²) in [5.74, 6) is -0.173. The molecule has 0 aromatic heterocycles.